The third kappa shape index (κ3) is 5.27. The van der Waals surface area contributed by atoms with E-state index in [2.05, 4.69) is 11.9 Å². The number of likely N-dealkylation sites (N-methyl/N-ethyl adjacent to an activating group) is 1. The Morgan fingerprint density at radius 1 is 1.58 bits per heavy atom. The quantitative estimate of drug-likeness (QED) is 0.595. The van der Waals surface area contributed by atoms with E-state index in [1.54, 1.807) is 7.11 Å². The van der Waals surface area contributed by atoms with Gasteiger partial charge in [-0.05, 0) is 13.5 Å². The average Bonchev–Trinajstić information content (AvgIpc) is 2.01. The van der Waals surface area contributed by atoms with Crippen LogP contribution in [-0.4, -0.2) is 44.5 Å². The van der Waals surface area contributed by atoms with Gasteiger partial charge in [-0.2, -0.15) is 0 Å². The number of carbonyl (C=O) groups excluding carboxylic acids is 1. The lowest BCUT2D eigenvalue weighted by atomic mass is 10.2. The van der Waals surface area contributed by atoms with Gasteiger partial charge in [0.05, 0.1) is 6.10 Å². The van der Waals surface area contributed by atoms with Crippen molar-refractivity contribution in [3.63, 3.8) is 0 Å². The Labute approximate surface area is 74.7 Å². The second-order valence-corrected chi connectivity index (χ2v) is 3.03. The SMILES string of the molecule is CCCC=O.COC1CN(C)C1. The smallest absolute Gasteiger partial charge is 0.119 e. The minimum atomic E-state index is 0.519. The van der Waals surface area contributed by atoms with Gasteiger partial charge < -0.3 is 14.4 Å². The Morgan fingerprint density at radius 2 is 2.17 bits per heavy atom. The van der Waals surface area contributed by atoms with E-state index in [1.807, 2.05) is 6.92 Å². The summed E-state index contributed by atoms with van der Waals surface area (Å²) in [6, 6.07) is 0. The van der Waals surface area contributed by atoms with Crippen molar-refractivity contribution in [2.45, 2.75) is 25.9 Å². The molecule has 0 radical (unpaired) electrons. The number of ether oxygens (including phenoxy) is 1. The molecule has 1 rings (SSSR count). The standard InChI is InChI=1S/C5H11NO.C4H8O/c1-6-3-5(4-6)7-2;1-2-3-4-5/h5H,3-4H2,1-2H3;4H,2-3H2,1H3. The lowest BCUT2D eigenvalue weighted by Gasteiger charge is -2.34. The molecule has 0 aliphatic carbocycles. The fourth-order valence-corrected chi connectivity index (χ4v) is 0.909. The number of aldehydes is 1. The second kappa shape index (κ2) is 7.25. The molecule has 0 bridgehead atoms. The fourth-order valence-electron chi connectivity index (χ4n) is 0.909. The molecule has 72 valence electrons. The monoisotopic (exact) mass is 173 g/mol. The third-order valence-electron chi connectivity index (χ3n) is 1.77. The molecule has 0 N–H and O–H groups in total. The summed E-state index contributed by atoms with van der Waals surface area (Å²) in [5.74, 6) is 0. The molecule has 12 heavy (non-hydrogen) atoms. The Bertz CT molecular complexity index is 111. The molecule has 1 fully saturated rings. The molecule has 1 saturated heterocycles. The van der Waals surface area contributed by atoms with Crippen molar-refractivity contribution in [1.29, 1.82) is 0 Å². The van der Waals surface area contributed by atoms with Gasteiger partial charge in [0, 0.05) is 26.6 Å². The van der Waals surface area contributed by atoms with E-state index in [1.165, 1.54) is 0 Å². The summed E-state index contributed by atoms with van der Waals surface area (Å²) in [6.07, 6.45) is 3.13. The van der Waals surface area contributed by atoms with E-state index in [4.69, 9.17) is 4.74 Å². The molecule has 0 atom stereocenters. The van der Waals surface area contributed by atoms with Crippen LogP contribution in [0.4, 0.5) is 0 Å². The molecule has 0 spiro atoms. The Morgan fingerprint density at radius 3 is 2.25 bits per heavy atom. The number of hydrogen-bond acceptors (Lipinski definition) is 3. The van der Waals surface area contributed by atoms with Gasteiger partial charge in [0.1, 0.15) is 6.29 Å². The lowest BCUT2D eigenvalue weighted by Crippen LogP contribution is -2.48. The van der Waals surface area contributed by atoms with Gasteiger partial charge >= 0.3 is 0 Å². The highest BCUT2D eigenvalue weighted by atomic mass is 16.5. The molecule has 0 aromatic rings. The number of unbranched alkanes of at least 4 members (excludes halogenated alkanes) is 1. The highest BCUT2D eigenvalue weighted by molar-refractivity contribution is 5.48. The van der Waals surface area contributed by atoms with Gasteiger partial charge in [0.25, 0.3) is 0 Å². The first-order valence-electron chi connectivity index (χ1n) is 4.39. The summed E-state index contributed by atoms with van der Waals surface area (Å²) in [5.41, 5.74) is 0. The first kappa shape index (κ1) is 11.6. The maximum Gasteiger partial charge on any atom is 0.119 e. The van der Waals surface area contributed by atoms with Crippen LogP contribution in [0.2, 0.25) is 0 Å². The largest absolute Gasteiger partial charge is 0.379 e. The topological polar surface area (TPSA) is 29.5 Å². The van der Waals surface area contributed by atoms with Gasteiger partial charge in [-0.25, -0.2) is 0 Å². The number of likely N-dealkylation sites (tertiary alicyclic amines) is 1. The van der Waals surface area contributed by atoms with Gasteiger partial charge in [0.15, 0.2) is 0 Å². The van der Waals surface area contributed by atoms with Crippen LogP contribution in [0.25, 0.3) is 0 Å². The summed E-state index contributed by atoms with van der Waals surface area (Å²) in [7, 11) is 3.85. The Balaban J connectivity index is 0.000000217. The van der Waals surface area contributed by atoms with Crippen molar-refractivity contribution in [2.75, 3.05) is 27.2 Å². The molecule has 0 unspecified atom stereocenters. The number of methoxy groups -OCH3 is 1. The minimum absolute atomic E-state index is 0.519. The summed E-state index contributed by atoms with van der Waals surface area (Å²) in [5, 5.41) is 0. The van der Waals surface area contributed by atoms with E-state index in [-0.39, 0.29) is 0 Å². The van der Waals surface area contributed by atoms with E-state index in [9.17, 15) is 4.79 Å². The fraction of sp³-hybridized carbons (Fsp3) is 0.889. The second-order valence-electron chi connectivity index (χ2n) is 3.03. The van der Waals surface area contributed by atoms with Gasteiger partial charge in [-0.1, -0.05) is 6.92 Å². The van der Waals surface area contributed by atoms with Gasteiger partial charge in [-0.15, -0.1) is 0 Å². The predicted octanol–water partition coefficient (Wildman–Crippen LogP) is 0.932. The first-order chi connectivity index (χ1) is 5.74. The van der Waals surface area contributed by atoms with Crippen molar-refractivity contribution in [2.24, 2.45) is 0 Å². The zero-order chi connectivity index (χ0) is 9.40. The molecule has 3 nitrogen and oxygen atoms in total. The Kier molecular flexibility index (Phi) is 7.00. The van der Waals surface area contributed by atoms with Crippen LogP contribution in [0.3, 0.4) is 0 Å². The normalized spacial score (nSPS) is 17.6. The molecule has 0 amide bonds. The van der Waals surface area contributed by atoms with Crippen molar-refractivity contribution in [3.05, 3.63) is 0 Å². The molecule has 3 heteroatoms. The maximum absolute atomic E-state index is 9.40. The van der Waals surface area contributed by atoms with Crippen LogP contribution in [-0.2, 0) is 9.53 Å². The Hall–Kier alpha value is -0.410. The summed E-state index contributed by atoms with van der Waals surface area (Å²) in [4.78, 5) is 11.6. The molecule has 0 aromatic carbocycles. The highest BCUT2D eigenvalue weighted by Crippen LogP contribution is 2.05. The van der Waals surface area contributed by atoms with Crippen LogP contribution < -0.4 is 0 Å². The van der Waals surface area contributed by atoms with Crippen LogP contribution >= 0.6 is 0 Å². The zero-order valence-electron chi connectivity index (χ0n) is 8.25. The minimum Gasteiger partial charge on any atom is -0.379 e. The van der Waals surface area contributed by atoms with E-state index >= 15 is 0 Å². The van der Waals surface area contributed by atoms with Crippen LogP contribution in [0.15, 0.2) is 0 Å². The van der Waals surface area contributed by atoms with Gasteiger partial charge in [0.2, 0.25) is 0 Å². The van der Waals surface area contributed by atoms with E-state index in [0.29, 0.717) is 12.5 Å². The van der Waals surface area contributed by atoms with E-state index < -0.39 is 0 Å². The zero-order valence-corrected chi connectivity index (χ0v) is 8.25. The molecular formula is C9H19NO2. The molecule has 1 aliphatic heterocycles. The highest BCUT2D eigenvalue weighted by Gasteiger charge is 2.21. The van der Waals surface area contributed by atoms with Crippen molar-refractivity contribution in [3.8, 4) is 0 Å². The van der Waals surface area contributed by atoms with Crippen LogP contribution in [0.5, 0.6) is 0 Å². The predicted molar refractivity (Wildman–Crippen MR) is 49.3 cm³/mol. The number of hydrogen-bond donors (Lipinski definition) is 0. The molecule has 0 saturated carbocycles. The van der Waals surface area contributed by atoms with E-state index in [0.717, 1.165) is 25.8 Å². The van der Waals surface area contributed by atoms with Crippen LogP contribution in [0.1, 0.15) is 19.8 Å². The third-order valence-corrected chi connectivity index (χ3v) is 1.77. The summed E-state index contributed by atoms with van der Waals surface area (Å²) < 4.78 is 5.01. The van der Waals surface area contributed by atoms with Crippen molar-refractivity contribution in [1.82, 2.24) is 4.90 Å². The molecule has 1 heterocycles. The molecule has 0 aromatic heterocycles. The summed E-state index contributed by atoms with van der Waals surface area (Å²) >= 11 is 0. The van der Waals surface area contributed by atoms with Crippen molar-refractivity contribution < 1.29 is 9.53 Å². The number of nitrogens with zero attached hydrogens (tertiary/aromatic N) is 1. The van der Waals surface area contributed by atoms with Crippen molar-refractivity contribution >= 4 is 6.29 Å². The van der Waals surface area contributed by atoms with Gasteiger partial charge in [-0.3, -0.25) is 0 Å². The lowest BCUT2D eigenvalue weighted by molar-refractivity contribution is -0.107. The average molecular weight is 173 g/mol. The summed E-state index contributed by atoms with van der Waals surface area (Å²) in [6.45, 7) is 4.20. The number of carbonyl (C=O) groups is 1. The molecular weight excluding hydrogens is 154 g/mol. The van der Waals surface area contributed by atoms with Crippen LogP contribution in [0, 0.1) is 0 Å². The number of rotatable bonds is 3. The molecule has 1 aliphatic rings. The maximum atomic E-state index is 9.40. The first-order valence-corrected chi connectivity index (χ1v) is 4.39.